The molecule has 1 heterocycles. The number of rotatable bonds is 7. The molecule has 0 bridgehead atoms. The highest BCUT2D eigenvalue weighted by atomic mass is 35.5. The SMILES string of the molecule is CN(C)C(=O)C(c1ccccc1)N1CCN(CCOc2ccccc2Cl)CC1. The number of halogens is 1. The van der Waals surface area contributed by atoms with E-state index in [9.17, 15) is 4.79 Å². The average molecular weight is 402 g/mol. The van der Waals surface area contributed by atoms with Crippen molar-refractivity contribution in [1.82, 2.24) is 14.7 Å². The first-order chi connectivity index (χ1) is 13.6. The zero-order chi connectivity index (χ0) is 19.9. The number of carbonyl (C=O) groups is 1. The molecule has 3 rings (SSSR count). The van der Waals surface area contributed by atoms with Gasteiger partial charge >= 0.3 is 0 Å². The van der Waals surface area contributed by atoms with E-state index in [1.807, 2.05) is 68.7 Å². The third-order valence-corrected chi connectivity index (χ3v) is 5.38. The number of amides is 1. The van der Waals surface area contributed by atoms with Crippen LogP contribution < -0.4 is 4.74 Å². The molecule has 1 atom stereocenters. The summed E-state index contributed by atoms with van der Waals surface area (Å²) in [7, 11) is 3.64. The molecule has 2 aromatic rings. The minimum Gasteiger partial charge on any atom is -0.491 e. The second-order valence-corrected chi connectivity index (χ2v) is 7.61. The van der Waals surface area contributed by atoms with E-state index in [0.717, 1.165) is 44.0 Å². The first-order valence-electron chi connectivity index (χ1n) is 9.66. The molecule has 150 valence electrons. The highest BCUT2D eigenvalue weighted by Crippen LogP contribution is 2.25. The molecule has 1 aliphatic rings. The van der Waals surface area contributed by atoms with Gasteiger partial charge in [0, 0.05) is 46.8 Å². The van der Waals surface area contributed by atoms with Gasteiger partial charge in [-0.2, -0.15) is 0 Å². The molecular weight excluding hydrogens is 374 g/mol. The summed E-state index contributed by atoms with van der Waals surface area (Å²) in [5.74, 6) is 0.852. The first-order valence-corrected chi connectivity index (χ1v) is 10.0. The van der Waals surface area contributed by atoms with Crippen molar-refractivity contribution in [3.63, 3.8) is 0 Å². The fourth-order valence-corrected chi connectivity index (χ4v) is 3.67. The standard InChI is InChI=1S/C22H28ClN3O2/c1-24(2)22(27)21(18-8-4-3-5-9-18)26-14-12-25(13-15-26)16-17-28-20-11-7-6-10-19(20)23/h3-11,21H,12-17H2,1-2H3. The van der Waals surface area contributed by atoms with Crippen molar-refractivity contribution in [3.05, 3.63) is 65.2 Å². The number of ether oxygens (including phenoxy) is 1. The topological polar surface area (TPSA) is 36.0 Å². The molecule has 1 aliphatic heterocycles. The number of piperazine rings is 1. The van der Waals surface area contributed by atoms with Crippen LogP contribution in [0.5, 0.6) is 5.75 Å². The Hall–Kier alpha value is -2.08. The van der Waals surface area contributed by atoms with Gasteiger partial charge < -0.3 is 9.64 Å². The number of nitrogens with zero attached hydrogens (tertiary/aromatic N) is 3. The fourth-order valence-electron chi connectivity index (χ4n) is 3.48. The number of carbonyl (C=O) groups excluding carboxylic acids is 1. The third-order valence-electron chi connectivity index (χ3n) is 5.06. The van der Waals surface area contributed by atoms with Crippen molar-refractivity contribution < 1.29 is 9.53 Å². The molecule has 0 radical (unpaired) electrons. The lowest BCUT2D eigenvalue weighted by Crippen LogP contribution is -2.51. The van der Waals surface area contributed by atoms with Crippen LogP contribution in [-0.4, -0.2) is 74.0 Å². The Balaban J connectivity index is 1.54. The lowest BCUT2D eigenvalue weighted by molar-refractivity contribution is -0.135. The van der Waals surface area contributed by atoms with Crippen LogP contribution in [-0.2, 0) is 4.79 Å². The highest BCUT2D eigenvalue weighted by molar-refractivity contribution is 6.32. The van der Waals surface area contributed by atoms with Crippen molar-refractivity contribution >= 4 is 17.5 Å². The molecule has 28 heavy (non-hydrogen) atoms. The van der Waals surface area contributed by atoms with Gasteiger partial charge in [-0.25, -0.2) is 0 Å². The van der Waals surface area contributed by atoms with E-state index in [2.05, 4.69) is 9.80 Å². The lowest BCUT2D eigenvalue weighted by atomic mass is 10.0. The summed E-state index contributed by atoms with van der Waals surface area (Å²) < 4.78 is 5.80. The molecule has 2 aromatic carbocycles. The van der Waals surface area contributed by atoms with E-state index in [1.54, 1.807) is 4.90 Å². The highest BCUT2D eigenvalue weighted by Gasteiger charge is 2.31. The Labute approximate surface area is 172 Å². The molecule has 0 aromatic heterocycles. The largest absolute Gasteiger partial charge is 0.491 e. The number of likely N-dealkylation sites (N-methyl/N-ethyl adjacent to an activating group) is 1. The summed E-state index contributed by atoms with van der Waals surface area (Å²) in [6, 6.07) is 17.4. The summed E-state index contributed by atoms with van der Waals surface area (Å²) >= 11 is 6.13. The Morgan fingerprint density at radius 2 is 1.68 bits per heavy atom. The minimum atomic E-state index is -0.224. The van der Waals surface area contributed by atoms with Gasteiger partial charge in [0.2, 0.25) is 5.91 Å². The van der Waals surface area contributed by atoms with Gasteiger partial charge in [0.1, 0.15) is 18.4 Å². The van der Waals surface area contributed by atoms with Gasteiger partial charge in [0.15, 0.2) is 0 Å². The summed E-state index contributed by atoms with van der Waals surface area (Å²) in [5.41, 5.74) is 1.05. The van der Waals surface area contributed by atoms with Crippen LogP contribution in [0.1, 0.15) is 11.6 Å². The predicted octanol–water partition coefficient (Wildman–Crippen LogP) is 3.17. The Bertz CT molecular complexity index is 761. The maximum absolute atomic E-state index is 12.8. The van der Waals surface area contributed by atoms with E-state index in [1.165, 1.54) is 0 Å². The van der Waals surface area contributed by atoms with Crippen LogP contribution in [0.25, 0.3) is 0 Å². The number of para-hydroxylation sites is 1. The van der Waals surface area contributed by atoms with Crippen molar-refractivity contribution in [2.45, 2.75) is 6.04 Å². The normalized spacial score (nSPS) is 16.5. The summed E-state index contributed by atoms with van der Waals surface area (Å²) in [6.45, 7) is 4.97. The Morgan fingerprint density at radius 3 is 2.32 bits per heavy atom. The van der Waals surface area contributed by atoms with Crippen molar-refractivity contribution in [3.8, 4) is 5.75 Å². The van der Waals surface area contributed by atoms with Crippen molar-refractivity contribution in [1.29, 1.82) is 0 Å². The molecule has 1 fully saturated rings. The van der Waals surface area contributed by atoms with Gasteiger partial charge in [-0.1, -0.05) is 54.1 Å². The second kappa shape index (κ2) is 9.92. The van der Waals surface area contributed by atoms with Crippen molar-refractivity contribution in [2.75, 3.05) is 53.4 Å². The monoisotopic (exact) mass is 401 g/mol. The van der Waals surface area contributed by atoms with Crippen LogP contribution >= 0.6 is 11.6 Å². The fraction of sp³-hybridized carbons (Fsp3) is 0.409. The van der Waals surface area contributed by atoms with Gasteiger partial charge in [0.25, 0.3) is 0 Å². The van der Waals surface area contributed by atoms with Gasteiger partial charge in [0.05, 0.1) is 5.02 Å². The van der Waals surface area contributed by atoms with Crippen LogP contribution in [0.2, 0.25) is 5.02 Å². The van der Waals surface area contributed by atoms with Crippen molar-refractivity contribution in [2.24, 2.45) is 0 Å². The molecule has 0 aliphatic carbocycles. The van der Waals surface area contributed by atoms with E-state index < -0.39 is 0 Å². The van der Waals surface area contributed by atoms with Crippen LogP contribution in [0.4, 0.5) is 0 Å². The second-order valence-electron chi connectivity index (χ2n) is 7.20. The predicted molar refractivity (Wildman–Crippen MR) is 113 cm³/mol. The zero-order valence-electron chi connectivity index (χ0n) is 16.6. The summed E-state index contributed by atoms with van der Waals surface area (Å²) in [6.07, 6.45) is 0. The van der Waals surface area contributed by atoms with Gasteiger partial charge in [-0.3, -0.25) is 14.6 Å². The van der Waals surface area contributed by atoms with Crippen LogP contribution in [0, 0.1) is 0 Å². The molecule has 5 nitrogen and oxygen atoms in total. The number of benzene rings is 2. The van der Waals surface area contributed by atoms with E-state index in [-0.39, 0.29) is 11.9 Å². The Morgan fingerprint density at radius 1 is 1.04 bits per heavy atom. The molecule has 0 saturated carbocycles. The van der Waals surface area contributed by atoms with Crippen LogP contribution in [0.3, 0.4) is 0 Å². The molecule has 1 saturated heterocycles. The van der Waals surface area contributed by atoms with Gasteiger partial charge in [-0.05, 0) is 17.7 Å². The van der Waals surface area contributed by atoms with E-state index >= 15 is 0 Å². The maximum atomic E-state index is 12.8. The molecule has 0 spiro atoms. The summed E-state index contributed by atoms with van der Waals surface area (Å²) in [4.78, 5) is 19.2. The van der Waals surface area contributed by atoms with Crippen LogP contribution in [0.15, 0.2) is 54.6 Å². The molecule has 6 heteroatoms. The zero-order valence-corrected chi connectivity index (χ0v) is 17.3. The molecule has 1 unspecified atom stereocenters. The van der Waals surface area contributed by atoms with E-state index in [4.69, 9.17) is 16.3 Å². The molecular formula is C22H28ClN3O2. The minimum absolute atomic E-state index is 0.127. The molecule has 0 N–H and O–H groups in total. The summed E-state index contributed by atoms with van der Waals surface area (Å²) in [5, 5.41) is 0.639. The first kappa shape index (κ1) is 20.6. The van der Waals surface area contributed by atoms with Gasteiger partial charge in [-0.15, -0.1) is 0 Å². The molecule has 1 amide bonds. The smallest absolute Gasteiger partial charge is 0.244 e. The average Bonchev–Trinajstić information content (AvgIpc) is 2.71. The number of hydrogen-bond acceptors (Lipinski definition) is 4. The third kappa shape index (κ3) is 5.25. The quantitative estimate of drug-likeness (QED) is 0.714. The number of hydrogen-bond donors (Lipinski definition) is 0. The maximum Gasteiger partial charge on any atom is 0.244 e. The Kier molecular flexibility index (Phi) is 7.31. The lowest BCUT2D eigenvalue weighted by Gasteiger charge is -2.39. The van der Waals surface area contributed by atoms with E-state index in [0.29, 0.717) is 11.6 Å².